The third-order valence-electron chi connectivity index (χ3n) is 7.32. The number of nitrogens with two attached hydrogens (primary N) is 2. The predicted molar refractivity (Wildman–Crippen MR) is 154 cm³/mol. The summed E-state index contributed by atoms with van der Waals surface area (Å²) < 4.78 is 6.21. The summed E-state index contributed by atoms with van der Waals surface area (Å²) in [6.07, 6.45) is 5.46. The van der Waals surface area contributed by atoms with Crippen LogP contribution >= 0.6 is 34.8 Å². The standard InChI is InChI=1S/C27H35Cl3N6O2/c28-21-4-3-20(24(30)16-21)15-25(36(32)33-18-31)27(37)35-11-7-19(8-12-35)23-6-5-22(29)17-26(23)38-14-13-34-9-1-2-10-34/h3-6,16-19,25H,1-2,7-15,32H2,(H2,31,33). The molecule has 2 saturated heterocycles. The van der Waals surface area contributed by atoms with Gasteiger partial charge in [0, 0.05) is 41.1 Å². The molecule has 1 atom stereocenters. The quantitative estimate of drug-likeness (QED) is 0.185. The van der Waals surface area contributed by atoms with Crippen LogP contribution in [0.25, 0.3) is 0 Å². The highest BCUT2D eigenvalue weighted by atomic mass is 35.5. The van der Waals surface area contributed by atoms with Crippen molar-refractivity contribution in [2.24, 2.45) is 16.7 Å². The number of carbonyl (C=O) groups excluding carboxylic acids is 1. The molecule has 2 aliphatic rings. The molecule has 2 aromatic carbocycles. The zero-order valence-corrected chi connectivity index (χ0v) is 23.6. The third kappa shape index (κ3) is 7.45. The van der Waals surface area contributed by atoms with E-state index in [-0.39, 0.29) is 18.2 Å². The Morgan fingerprint density at radius 3 is 2.45 bits per heavy atom. The van der Waals surface area contributed by atoms with E-state index < -0.39 is 6.04 Å². The van der Waals surface area contributed by atoms with Gasteiger partial charge in [0.1, 0.15) is 24.7 Å². The molecule has 38 heavy (non-hydrogen) atoms. The number of benzene rings is 2. The van der Waals surface area contributed by atoms with Gasteiger partial charge in [0.2, 0.25) is 5.91 Å². The number of likely N-dealkylation sites (tertiary alicyclic amines) is 2. The van der Waals surface area contributed by atoms with Crippen molar-refractivity contribution in [3.63, 3.8) is 0 Å². The van der Waals surface area contributed by atoms with Gasteiger partial charge in [0.25, 0.3) is 0 Å². The molecule has 0 spiro atoms. The van der Waals surface area contributed by atoms with Crippen LogP contribution < -0.4 is 16.3 Å². The van der Waals surface area contributed by atoms with Crippen molar-refractivity contribution in [2.75, 3.05) is 39.3 Å². The molecule has 0 aliphatic carbocycles. The summed E-state index contributed by atoms with van der Waals surface area (Å²) in [5, 5.41) is 6.69. The van der Waals surface area contributed by atoms with E-state index >= 15 is 0 Å². The van der Waals surface area contributed by atoms with Crippen molar-refractivity contribution in [1.82, 2.24) is 14.9 Å². The summed E-state index contributed by atoms with van der Waals surface area (Å²) in [5.41, 5.74) is 7.35. The van der Waals surface area contributed by atoms with E-state index in [9.17, 15) is 4.79 Å². The highest BCUT2D eigenvalue weighted by Crippen LogP contribution is 2.36. The van der Waals surface area contributed by atoms with Crippen molar-refractivity contribution >= 4 is 47.0 Å². The number of hydrogen-bond acceptors (Lipinski definition) is 6. The Hall–Kier alpha value is -2.23. The molecule has 2 heterocycles. The Morgan fingerprint density at radius 1 is 1.08 bits per heavy atom. The third-order valence-corrected chi connectivity index (χ3v) is 8.14. The molecule has 206 valence electrons. The van der Waals surface area contributed by atoms with Crippen LogP contribution in [0.5, 0.6) is 5.75 Å². The van der Waals surface area contributed by atoms with Crippen molar-refractivity contribution < 1.29 is 9.53 Å². The zero-order valence-electron chi connectivity index (χ0n) is 21.4. The lowest BCUT2D eigenvalue weighted by Gasteiger charge is -2.36. The van der Waals surface area contributed by atoms with Crippen LogP contribution in [0.3, 0.4) is 0 Å². The summed E-state index contributed by atoms with van der Waals surface area (Å²) in [5.74, 6) is 7.09. The minimum atomic E-state index is -0.759. The number of hydrazine groups is 1. The number of ether oxygens (including phenoxy) is 1. The lowest BCUT2D eigenvalue weighted by molar-refractivity contribution is -0.138. The van der Waals surface area contributed by atoms with E-state index in [1.165, 1.54) is 12.8 Å². The number of hydrazone groups is 1. The van der Waals surface area contributed by atoms with Crippen molar-refractivity contribution in [2.45, 2.75) is 44.1 Å². The van der Waals surface area contributed by atoms with Crippen LogP contribution in [0.2, 0.25) is 15.1 Å². The molecule has 2 fully saturated rings. The van der Waals surface area contributed by atoms with Gasteiger partial charge in [0.15, 0.2) is 0 Å². The highest BCUT2D eigenvalue weighted by Gasteiger charge is 2.33. The van der Waals surface area contributed by atoms with Crippen LogP contribution in [-0.4, -0.2) is 72.5 Å². The number of amides is 1. The van der Waals surface area contributed by atoms with E-state index in [2.05, 4.69) is 16.1 Å². The van der Waals surface area contributed by atoms with Gasteiger partial charge in [0.05, 0.1) is 0 Å². The second-order valence-corrected chi connectivity index (χ2v) is 11.1. The molecule has 4 N–H and O–H groups in total. The van der Waals surface area contributed by atoms with Crippen LogP contribution in [0.15, 0.2) is 41.5 Å². The van der Waals surface area contributed by atoms with Crippen LogP contribution in [0.4, 0.5) is 0 Å². The van der Waals surface area contributed by atoms with Gasteiger partial charge in [-0.2, -0.15) is 5.10 Å². The Bertz CT molecular complexity index is 1120. The van der Waals surface area contributed by atoms with E-state index in [1.54, 1.807) is 18.2 Å². The molecule has 2 aliphatic heterocycles. The lowest BCUT2D eigenvalue weighted by Crippen LogP contribution is -2.52. The molecule has 0 bridgehead atoms. The Morgan fingerprint density at radius 2 is 1.76 bits per heavy atom. The fraction of sp³-hybridized carbons (Fsp3) is 0.481. The normalized spacial score (nSPS) is 17.7. The molecule has 4 rings (SSSR count). The van der Waals surface area contributed by atoms with Gasteiger partial charge in [-0.1, -0.05) is 46.9 Å². The number of nitrogens with zero attached hydrogens (tertiary/aromatic N) is 4. The summed E-state index contributed by atoms with van der Waals surface area (Å²) >= 11 is 18.7. The fourth-order valence-corrected chi connectivity index (χ4v) is 5.88. The Labute approximate surface area is 239 Å². The molecule has 0 radical (unpaired) electrons. The summed E-state index contributed by atoms with van der Waals surface area (Å²) in [7, 11) is 0. The molecule has 1 unspecified atom stereocenters. The summed E-state index contributed by atoms with van der Waals surface area (Å²) in [6, 6.07) is 10.3. The van der Waals surface area contributed by atoms with Crippen LogP contribution in [-0.2, 0) is 11.2 Å². The lowest BCUT2D eigenvalue weighted by atomic mass is 9.88. The maximum absolute atomic E-state index is 13.6. The molecular formula is C27H35Cl3N6O2. The largest absolute Gasteiger partial charge is 0.492 e. The second-order valence-electron chi connectivity index (χ2n) is 9.78. The maximum Gasteiger partial charge on any atom is 0.249 e. The van der Waals surface area contributed by atoms with Gasteiger partial charge >= 0.3 is 0 Å². The number of carbonyl (C=O) groups is 1. The van der Waals surface area contributed by atoms with Gasteiger partial charge in [-0.15, -0.1) is 0 Å². The number of piperidine rings is 1. The minimum Gasteiger partial charge on any atom is -0.492 e. The average molecular weight is 582 g/mol. The molecular weight excluding hydrogens is 547 g/mol. The number of halogens is 3. The molecule has 1 amide bonds. The van der Waals surface area contributed by atoms with Crippen LogP contribution in [0, 0.1) is 0 Å². The smallest absolute Gasteiger partial charge is 0.249 e. The first-order chi connectivity index (χ1) is 18.4. The monoisotopic (exact) mass is 580 g/mol. The predicted octanol–water partition coefficient (Wildman–Crippen LogP) is 4.52. The first-order valence-electron chi connectivity index (χ1n) is 13.0. The molecule has 0 saturated carbocycles. The second kappa shape index (κ2) is 13.7. The van der Waals surface area contributed by atoms with Crippen LogP contribution in [0.1, 0.15) is 42.7 Å². The average Bonchev–Trinajstić information content (AvgIpc) is 3.42. The SMILES string of the molecule is N/C=N\N(N)C(Cc1ccc(Cl)cc1Cl)C(=O)N1CCC(c2ccc(Cl)cc2OCCN2CCCC2)CC1. The first-order valence-corrected chi connectivity index (χ1v) is 14.1. The number of hydrogen-bond donors (Lipinski definition) is 2. The van der Waals surface area contributed by atoms with E-state index in [0.29, 0.717) is 34.8 Å². The Kier molecular flexibility index (Phi) is 10.4. The Balaban J connectivity index is 1.40. The van der Waals surface area contributed by atoms with Gasteiger partial charge in [-0.05, 0) is 80.1 Å². The molecule has 0 aromatic heterocycles. The van der Waals surface area contributed by atoms with Crippen molar-refractivity contribution in [3.05, 3.63) is 62.6 Å². The van der Waals surface area contributed by atoms with Gasteiger partial charge in [-0.25, -0.2) is 11.0 Å². The molecule has 8 nitrogen and oxygen atoms in total. The van der Waals surface area contributed by atoms with Crippen molar-refractivity contribution in [1.29, 1.82) is 0 Å². The van der Waals surface area contributed by atoms with E-state index in [4.69, 9.17) is 51.1 Å². The first kappa shape index (κ1) is 28.8. The van der Waals surface area contributed by atoms with E-state index in [0.717, 1.165) is 60.8 Å². The fourth-order valence-electron chi connectivity index (χ4n) is 5.23. The summed E-state index contributed by atoms with van der Waals surface area (Å²) in [6.45, 7) is 5.00. The molecule has 11 heteroatoms. The topological polar surface area (TPSA) is 100 Å². The van der Waals surface area contributed by atoms with Crippen molar-refractivity contribution in [3.8, 4) is 5.75 Å². The molecule has 2 aromatic rings. The number of rotatable bonds is 10. The minimum absolute atomic E-state index is 0.124. The van der Waals surface area contributed by atoms with Gasteiger partial charge in [-0.3, -0.25) is 9.69 Å². The maximum atomic E-state index is 13.6. The van der Waals surface area contributed by atoms with E-state index in [1.807, 2.05) is 17.0 Å². The zero-order chi connectivity index (χ0) is 27.1. The summed E-state index contributed by atoms with van der Waals surface area (Å²) in [4.78, 5) is 17.9. The highest BCUT2D eigenvalue weighted by molar-refractivity contribution is 6.35. The van der Waals surface area contributed by atoms with Gasteiger partial charge < -0.3 is 15.4 Å².